The van der Waals surface area contributed by atoms with Gasteiger partial charge in [-0.2, -0.15) is 0 Å². The van der Waals surface area contributed by atoms with Gasteiger partial charge in [0, 0.05) is 21.7 Å². The SMILES string of the molecule is NC(=O)O.NC(=O)O.NC(=O)O.NC(=O)O.[Ti]. The zero-order chi connectivity index (χ0) is 14.3. The molecule has 0 aliphatic rings. The van der Waals surface area contributed by atoms with Crippen LogP contribution in [0.3, 0.4) is 0 Å². The third-order valence-corrected chi connectivity index (χ3v) is 0. The van der Waals surface area contributed by atoms with Gasteiger partial charge in [0.1, 0.15) is 0 Å². The van der Waals surface area contributed by atoms with E-state index in [2.05, 4.69) is 22.9 Å². The molecular weight excluding hydrogens is 280 g/mol. The Kier molecular flexibility index (Phi) is 40.6. The van der Waals surface area contributed by atoms with Crippen molar-refractivity contribution in [3.63, 3.8) is 0 Å². The van der Waals surface area contributed by atoms with Crippen molar-refractivity contribution in [3.05, 3.63) is 0 Å². The Morgan fingerprint density at radius 1 is 0.529 bits per heavy atom. The summed E-state index contributed by atoms with van der Waals surface area (Å²) in [5, 5.41) is 28.8. The largest absolute Gasteiger partial charge is 0.465 e. The predicted molar refractivity (Wildman–Crippen MR) is 48.8 cm³/mol. The smallest absolute Gasteiger partial charge is 0.402 e. The van der Waals surface area contributed by atoms with Gasteiger partial charge in [-0.1, -0.05) is 0 Å². The van der Waals surface area contributed by atoms with Crippen molar-refractivity contribution in [2.24, 2.45) is 22.9 Å². The summed E-state index contributed by atoms with van der Waals surface area (Å²) in [4.78, 5) is 35.1. The molecule has 12 N–H and O–H groups in total. The second-order valence-corrected chi connectivity index (χ2v) is 1.35. The number of carboxylic acid groups (broad SMARTS) is 4. The van der Waals surface area contributed by atoms with Gasteiger partial charge >= 0.3 is 24.4 Å². The van der Waals surface area contributed by atoms with Crippen LogP contribution in [-0.4, -0.2) is 44.8 Å². The van der Waals surface area contributed by atoms with Crippen LogP contribution in [0.15, 0.2) is 0 Å². The molecule has 0 aliphatic heterocycles. The van der Waals surface area contributed by atoms with Crippen molar-refractivity contribution in [2.75, 3.05) is 0 Å². The maximum absolute atomic E-state index is 8.78. The molecule has 0 saturated heterocycles. The molecule has 13 heteroatoms. The van der Waals surface area contributed by atoms with Gasteiger partial charge in [0.25, 0.3) is 0 Å². The Bertz CT molecular complexity index is 170. The molecule has 17 heavy (non-hydrogen) atoms. The van der Waals surface area contributed by atoms with Gasteiger partial charge in [0.05, 0.1) is 0 Å². The number of hydrogen-bond acceptors (Lipinski definition) is 4. The minimum absolute atomic E-state index is 0. The van der Waals surface area contributed by atoms with Crippen molar-refractivity contribution in [1.29, 1.82) is 0 Å². The first-order valence-corrected chi connectivity index (χ1v) is 2.87. The average molecular weight is 292 g/mol. The fraction of sp³-hybridized carbons (Fsp3) is 0. The van der Waals surface area contributed by atoms with Gasteiger partial charge in [-0.25, -0.2) is 19.2 Å². The van der Waals surface area contributed by atoms with E-state index >= 15 is 0 Å². The minimum atomic E-state index is -1.33. The molecule has 0 aromatic carbocycles. The van der Waals surface area contributed by atoms with Crippen LogP contribution in [0.2, 0.25) is 0 Å². The van der Waals surface area contributed by atoms with Crippen molar-refractivity contribution < 1.29 is 61.3 Å². The number of nitrogens with two attached hydrogens (primary N) is 4. The van der Waals surface area contributed by atoms with Gasteiger partial charge in [-0.05, 0) is 0 Å². The predicted octanol–water partition coefficient (Wildman–Crippen LogP) is -1.51. The summed E-state index contributed by atoms with van der Waals surface area (Å²) in [7, 11) is 0. The number of primary amides is 4. The molecule has 100 valence electrons. The topological polar surface area (TPSA) is 253 Å². The molecule has 0 rings (SSSR count). The molecule has 0 radical (unpaired) electrons. The third-order valence-electron chi connectivity index (χ3n) is 0. The van der Waals surface area contributed by atoms with Crippen LogP contribution in [0.4, 0.5) is 19.2 Å². The van der Waals surface area contributed by atoms with Crippen LogP contribution in [0, 0.1) is 0 Å². The number of amides is 4. The van der Waals surface area contributed by atoms with Gasteiger partial charge in [0.2, 0.25) is 0 Å². The Morgan fingerprint density at radius 3 is 0.529 bits per heavy atom. The molecule has 0 heterocycles. The Hall–Kier alpha value is -2.21. The maximum atomic E-state index is 8.78. The molecule has 0 aromatic rings. The van der Waals surface area contributed by atoms with Crippen LogP contribution in [-0.2, 0) is 21.7 Å². The summed E-state index contributed by atoms with van der Waals surface area (Å²) >= 11 is 0. The first-order chi connectivity index (χ1) is 6.93. The average Bonchev–Trinajstić information content (AvgIpc) is 1.76. The summed E-state index contributed by atoms with van der Waals surface area (Å²) in [6.07, 6.45) is -5.33. The van der Waals surface area contributed by atoms with Crippen molar-refractivity contribution in [1.82, 2.24) is 0 Å². The summed E-state index contributed by atoms with van der Waals surface area (Å²) in [6, 6.07) is 0. The minimum Gasteiger partial charge on any atom is -0.465 e. The molecule has 0 unspecified atom stereocenters. The Morgan fingerprint density at radius 2 is 0.529 bits per heavy atom. The molecule has 4 amide bonds. The first kappa shape index (κ1) is 29.3. The second-order valence-electron chi connectivity index (χ2n) is 1.35. The second kappa shape index (κ2) is 23.5. The van der Waals surface area contributed by atoms with E-state index in [4.69, 9.17) is 39.6 Å². The summed E-state index contributed by atoms with van der Waals surface area (Å²) in [5.74, 6) is 0. The van der Waals surface area contributed by atoms with Gasteiger partial charge in [-0.3, -0.25) is 0 Å². The van der Waals surface area contributed by atoms with Crippen LogP contribution < -0.4 is 22.9 Å². The fourth-order valence-electron chi connectivity index (χ4n) is 0. The van der Waals surface area contributed by atoms with E-state index < -0.39 is 24.4 Å². The monoisotopic (exact) mass is 292 g/mol. The van der Waals surface area contributed by atoms with Crippen LogP contribution >= 0.6 is 0 Å². The number of carbonyl (C=O) groups is 4. The van der Waals surface area contributed by atoms with Gasteiger partial charge < -0.3 is 43.4 Å². The molecule has 0 bridgehead atoms. The van der Waals surface area contributed by atoms with E-state index in [9.17, 15) is 0 Å². The Labute approximate surface area is 109 Å². The fourth-order valence-corrected chi connectivity index (χ4v) is 0. The van der Waals surface area contributed by atoms with Gasteiger partial charge in [-0.15, -0.1) is 0 Å². The van der Waals surface area contributed by atoms with Crippen molar-refractivity contribution >= 4 is 24.4 Å². The number of hydrogen-bond donors (Lipinski definition) is 8. The van der Waals surface area contributed by atoms with Crippen LogP contribution in [0.1, 0.15) is 0 Å². The van der Waals surface area contributed by atoms with Crippen LogP contribution in [0.25, 0.3) is 0 Å². The third kappa shape index (κ3) is 394. The first-order valence-electron chi connectivity index (χ1n) is 2.87. The molecule has 0 spiro atoms. The molecule has 12 nitrogen and oxygen atoms in total. The molecule has 0 fully saturated rings. The van der Waals surface area contributed by atoms with Crippen LogP contribution in [0.5, 0.6) is 0 Å². The van der Waals surface area contributed by atoms with E-state index in [1.54, 1.807) is 0 Å². The zero-order valence-corrected chi connectivity index (χ0v) is 9.79. The van der Waals surface area contributed by atoms with E-state index in [0.717, 1.165) is 0 Å². The standard InChI is InChI=1S/4CH3NO2.Ti/c4*2-1(3)4;/h4*2H2,(H,3,4);. The quantitative estimate of drug-likeness (QED) is 0.243. The summed E-state index contributed by atoms with van der Waals surface area (Å²) < 4.78 is 0. The molecule has 0 saturated carbocycles. The summed E-state index contributed by atoms with van der Waals surface area (Å²) in [5.41, 5.74) is 16.1. The summed E-state index contributed by atoms with van der Waals surface area (Å²) in [6.45, 7) is 0. The molecule has 0 atom stereocenters. The maximum Gasteiger partial charge on any atom is 0.402 e. The zero-order valence-electron chi connectivity index (χ0n) is 8.23. The van der Waals surface area contributed by atoms with Crippen molar-refractivity contribution in [3.8, 4) is 0 Å². The normalized spacial score (nSPS) is 5.65. The molecular formula is C4H12N4O8Ti. The van der Waals surface area contributed by atoms with E-state index in [0.29, 0.717) is 0 Å². The van der Waals surface area contributed by atoms with Crippen molar-refractivity contribution in [2.45, 2.75) is 0 Å². The number of rotatable bonds is 0. The van der Waals surface area contributed by atoms with E-state index in [1.807, 2.05) is 0 Å². The molecule has 0 aromatic heterocycles. The van der Waals surface area contributed by atoms with E-state index in [-0.39, 0.29) is 21.7 Å². The molecule has 0 aliphatic carbocycles. The van der Waals surface area contributed by atoms with E-state index in [1.165, 1.54) is 0 Å². The van der Waals surface area contributed by atoms with Gasteiger partial charge in [0.15, 0.2) is 0 Å². The Balaban J connectivity index is -0.0000000369.